The molecule has 0 heterocycles. The topological polar surface area (TPSA) is 40.5 Å². The van der Waals surface area contributed by atoms with Gasteiger partial charge >= 0.3 is 5.97 Å². The molecule has 2 aromatic carbocycles. The second-order valence-electron chi connectivity index (χ2n) is 7.32. The van der Waals surface area contributed by atoms with Crippen molar-refractivity contribution in [3.63, 3.8) is 0 Å². The highest BCUT2D eigenvalue weighted by atomic mass is 35.5. The molecule has 0 fully saturated rings. The number of halogens is 3. The van der Waals surface area contributed by atoms with Crippen LogP contribution in [0.3, 0.4) is 0 Å². The molecule has 3 nitrogen and oxygen atoms in total. The number of benzene rings is 2. The molecule has 0 saturated carbocycles. The first-order valence-electron chi connectivity index (χ1n) is 8.80. The smallest absolute Gasteiger partial charge is 0.335 e. The molecule has 6 heteroatoms. The van der Waals surface area contributed by atoms with E-state index in [-0.39, 0.29) is 29.7 Å². The van der Waals surface area contributed by atoms with E-state index in [0.29, 0.717) is 17.9 Å². The van der Waals surface area contributed by atoms with Gasteiger partial charge in [-0.05, 0) is 92.2 Å². The number of hydrogen-bond donors (Lipinski definition) is 1. The lowest BCUT2D eigenvalue weighted by Crippen LogP contribution is -2.31. The summed E-state index contributed by atoms with van der Waals surface area (Å²) in [5.74, 6) is -1.43. The van der Waals surface area contributed by atoms with E-state index in [9.17, 15) is 18.7 Å². The summed E-state index contributed by atoms with van der Waals surface area (Å²) in [5.41, 5.74) is 2.64. The van der Waals surface area contributed by atoms with Crippen LogP contribution >= 0.6 is 12.4 Å². The molecule has 146 valence electrons. The number of carboxylic acids is 1. The summed E-state index contributed by atoms with van der Waals surface area (Å²) < 4.78 is 27.4. The summed E-state index contributed by atoms with van der Waals surface area (Å²) >= 11 is 0. The first-order valence-corrected chi connectivity index (χ1v) is 8.80. The highest BCUT2D eigenvalue weighted by molar-refractivity contribution is 5.89. The van der Waals surface area contributed by atoms with E-state index in [1.54, 1.807) is 12.1 Å². The standard InChI is InChI=1S/C21H23F2NO2.ClH/c1-24(2)12-14-4-3-13-9-16(22)5-7-18(13)20(14)11-15-10-17(23)6-8-19(15)21(25)26;/h5-10,14,20H,3-4,11-12H2,1-2H3,(H,25,26);1H. The van der Waals surface area contributed by atoms with Crippen LogP contribution in [-0.4, -0.2) is 36.6 Å². The summed E-state index contributed by atoms with van der Waals surface area (Å²) in [6, 6.07) is 8.63. The number of nitrogens with zero attached hydrogens (tertiary/aromatic N) is 1. The molecule has 2 unspecified atom stereocenters. The van der Waals surface area contributed by atoms with Gasteiger partial charge in [-0.25, -0.2) is 13.6 Å². The second-order valence-corrected chi connectivity index (χ2v) is 7.32. The van der Waals surface area contributed by atoms with Gasteiger partial charge in [0.1, 0.15) is 11.6 Å². The van der Waals surface area contributed by atoms with E-state index < -0.39 is 11.8 Å². The molecule has 1 aliphatic carbocycles. The molecule has 3 rings (SSSR count). The second kappa shape index (κ2) is 8.81. The van der Waals surface area contributed by atoms with Crippen molar-refractivity contribution in [2.24, 2.45) is 5.92 Å². The normalized spacial score (nSPS) is 18.7. The van der Waals surface area contributed by atoms with Crippen molar-refractivity contribution in [2.75, 3.05) is 20.6 Å². The average molecular weight is 396 g/mol. The first kappa shape index (κ1) is 21.3. The van der Waals surface area contributed by atoms with Crippen LogP contribution < -0.4 is 0 Å². The Bertz CT molecular complexity index is 826. The van der Waals surface area contributed by atoms with E-state index in [1.165, 1.54) is 24.3 Å². The van der Waals surface area contributed by atoms with E-state index in [0.717, 1.165) is 30.5 Å². The molecule has 0 aliphatic heterocycles. The Morgan fingerprint density at radius 1 is 1.15 bits per heavy atom. The maximum Gasteiger partial charge on any atom is 0.335 e. The van der Waals surface area contributed by atoms with Gasteiger partial charge in [-0.2, -0.15) is 0 Å². The van der Waals surface area contributed by atoms with E-state index >= 15 is 0 Å². The molecular formula is C21H24ClF2NO2. The van der Waals surface area contributed by atoms with Gasteiger partial charge in [0, 0.05) is 6.54 Å². The van der Waals surface area contributed by atoms with Crippen LogP contribution in [0.15, 0.2) is 36.4 Å². The largest absolute Gasteiger partial charge is 0.478 e. The molecule has 0 spiro atoms. The highest BCUT2D eigenvalue weighted by Crippen LogP contribution is 2.39. The molecule has 2 aromatic rings. The zero-order valence-electron chi connectivity index (χ0n) is 15.4. The van der Waals surface area contributed by atoms with Crippen LogP contribution in [0.5, 0.6) is 0 Å². The Hall–Kier alpha value is -1.98. The average Bonchev–Trinajstić information content (AvgIpc) is 2.56. The monoisotopic (exact) mass is 395 g/mol. The zero-order chi connectivity index (χ0) is 18.8. The van der Waals surface area contributed by atoms with Gasteiger partial charge in [0.05, 0.1) is 5.56 Å². The molecule has 0 amide bonds. The molecule has 0 radical (unpaired) electrons. The maximum absolute atomic E-state index is 13.8. The van der Waals surface area contributed by atoms with Gasteiger partial charge in [-0.3, -0.25) is 0 Å². The lowest BCUT2D eigenvalue weighted by atomic mass is 9.72. The summed E-state index contributed by atoms with van der Waals surface area (Å²) in [4.78, 5) is 13.7. The summed E-state index contributed by atoms with van der Waals surface area (Å²) in [7, 11) is 4.00. The minimum atomic E-state index is -1.06. The Kier molecular flexibility index (Phi) is 6.95. The Morgan fingerprint density at radius 2 is 1.81 bits per heavy atom. The summed E-state index contributed by atoms with van der Waals surface area (Å²) in [6.45, 7) is 0.846. The molecule has 0 bridgehead atoms. The SMILES string of the molecule is CN(C)CC1CCc2cc(F)ccc2C1Cc1cc(F)ccc1C(=O)O.Cl. The minimum absolute atomic E-state index is 0. The number of carboxylic acid groups (broad SMARTS) is 1. The van der Waals surface area contributed by atoms with Crippen molar-refractivity contribution in [3.05, 3.63) is 70.3 Å². The molecule has 0 saturated heterocycles. The van der Waals surface area contributed by atoms with Gasteiger partial charge in [0.2, 0.25) is 0 Å². The van der Waals surface area contributed by atoms with Crippen molar-refractivity contribution in [1.29, 1.82) is 0 Å². The predicted molar refractivity (Wildman–Crippen MR) is 104 cm³/mol. The quantitative estimate of drug-likeness (QED) is 0.808. The molecule has 1 N–H and O–H groups in total. The van der Waals surface area contributed by atoms with Crippen LogP contribution in [0, 0.1) is 17.6 Å². The maximum atomic E-state index is 13.8. The third-order valence-corrected chi connectivity index (χ3v) is 5.20. The number of rotatable bonds is 5. The Morgan fingerprint density at radius 3 is 2.48 bits per heavy atom. The molecular weight excluding hydrogens is 372 g/mol. The van der Waals surface area contributed by atoms with Gasteiger partial charge in [0.15, 0.2) is 0 Å². The Labute approximate surface area is 164 Å². The number of aromatic carboxylic acids is 1. The third kappa shape index (κ3) is 4.85. The first-order chi connectivity index (χ1) is 12.3. The molecule has 27 heavy (non-hydrogen) atoms. The van der Waals surface area contributed by atoms with Crippen molar-refractivity contribution in [1.82, 2.24) is 4.90 Å². The molecule has 1 aliphatic rings. The fourth-order valence-electron chi connectivity index (χ4n) is 4.09. The van der Waals surface area contributed by atoms with Crippen LogP contribution in [0.2, 0.25) is 0 Å². The number of fused-ring (bicyclic) bond motifs is 1. The van der Waals surface area contributed by atoms with Crippen molar-refractivity contribution in [3.8, 4) is 0 Å². The predicted octanol–water partition coefficient (Wildman–Crippen LogP) is 4.54. The fourth-order valence-corrected chi connectivity index (χ4v) is 4.09. The van der Waals surface area contributed by atoms with Crippen molar-refractivity contribution >= 4 is 18.4 Å². The van der Waals surface area contributed by atoms with Gasteiger partial charge < -0.3 is 10.0 Å². The third-order valence-electron chi connectivity index (χ3n) is 5.20. The van der Waals surface area contributed by atoms with Gasteiger partial charge in [-0.1, -0.05) is 6.07 Å². The lowest BCUT2D eigenvalue weighted by molar-refractivity contribution is 0.0695. The molecule has 0 aromatic heterocycles. The highest BCUT2D eigenvalue weighted by Gasteiger charge is 2.31. The zero-order valence-corrected chi connectivity index (χ0v) is 16.2. The van der Waals surface area contributed by atoms with Crippen molar-refractivity contribution in [2.45, 2.75) is 25.2 Å². The summed E-state index contributed by atoms with van der Waals surface area (Å²) in [6.07, 6.45) is 2.13. The number of carbonyl (C=O) groups is 1. The van der Waals surface area contributed by atoms with E-state index in [4.69, 9.17) is 0 Å². The Balaban J connectivity index is 0.00000261. The van der Waals surface area contributed by atoms with Crippen molar-refractivity contribution < 1.29 is 18.7 Å². The van der Waals surface area contributed by atoms with Crippen LogP contribution in [0.1, 0.15) is 39.4 Å². The fraction of sp³-hybridized carbons (Fsp3) is 0.381. The summed E-state index contributed by atoms with van der Waals surface area (Å²) in [5, 5.41) is 9.45. The van der Waals surface area contributed by atoms with Gasteiger partial charge in [0.25, 0.3) is 0 Å². The van der Waals surface area contributed by atoms with E-state index in [2.05, 4.69) is 4.90 Å². The van der Waals surface area contributed by atoms with Crippen LogP contribution in [-0.2, 0) is 12.8 Å². The minimum Gasteiger partial charge on any atom is -0.478 e. The van der Waals surface area contributed by atoms with Gasteiger partial charge in [-0.15, -0.1) is 12.4 Å². The van der Waals surface area contributed by atoms with Crippen LogP contribution in [0.25, 0.3) is 0 Å². The molecule has 2 atom stereocenters. The number of aryl methyl sites for hydroxylation is 1. The number of hydrogen-bond acceptors (Lipinski definition) is 2. The lowest BCUT2D eigenvalue weighted by Gasteiger charge is -2.35. The van der Waals surface area contributed by atoms with Crippen LogP contribution in [0.4, 0.5) is 8.78 Å². The van der Waals surface area contributed by atoms with E-state index in [1.807, 2.05) is 14.1 Å².